The Hall–Kier alpha value is -2.71. The van der Waals surface area contributed by atoms with Crippen LogP contribution in [0.2, 0.25) is 0 Å². The van der Waals surface area contributed by atoms with Gasteiger partial charge in [-0.05, 0) is 49.6 Å². The number of carbonyl (C=O) groups is 2. The molecule has 0 spiro atoms. The topological polar surface area (TPSA) is 95.6 Å². The Morgan fingerprint density at radius 1 is 1.07 bits per heavy atom. The Kier molecular flexibility index (Phi) is 6.89. The zero-order valence-electron chi connectivity index (χ0n) is 17.2. The van der Waals surface area contributed by atoms with Crippen LogP contribution in [0.5, 0.6) is 0 Å². The second kappa shape index (κ2) is 9.40. The quantitative estimate of drug-likeness (QED) is 0.738. The van der Waals surface area contributed by atoms with E-state index < -0.39 is 15.9 Å². The molecule has 1 aliphatic rings. The number of nitrogens with zero attached hydrogens (tertiary/aromatic N) is 1. The fraction of sp³-hybridized carbons (Fsp3) is 0.364. The Morgan fingerprint density at radius 2 is 1.73 bits per heavy atom. The summed E-state index contributed by atoms with van der Waals surface area (Å²) in [4.78, 5) is 24.0. The number of benzene rings is 2. The molecule has 3 rings (SSSR count). The molecule has 2 N–H and O–H groups in total. The largest absolute Gasteiger partial charge is 0.349 e. The summed E-state index contributed by atoms with van der Waals surface area (Å²) >= 11 is 0. The average molecular weight is 430 g/mol. The van der Waals surface area contributed by atoms with Crippen LogP contribution in [-0.2, 0) is 19.6 Å². The minimum atomic E-state index is -3.71. The van der Waals surface area contributed by atoms with E-state index in [1.807, 2.05) is 37.3 Å². The number of anilines is 1. The van der Waals surface area contributed by atoms with Crippen molar-refractivity contribution in [3.8, 4) is 0 Å². The fourth-order valence-electron chi connectivity index (χ4n) is 3.59. The van der Waals surface area contributed by atoms with Gasteiger partial charge in [-0.3, -0.25) is 9.59 Å². The zero-order chi connectivity index (χ0) is 21.7. The van der Waals surface area contributed by atoms with Crippen molar-refractivity contribution < 1.29 is 18.0 Å². The molecule has 2 amide bonds. The third-order valence-corrected chi connectivity index (χ3v) is 7.11. The van der Waals surface area contributed by atoms with E-state index >= 15 is 0 Å². The fourth-order valence-corrected chi connectivity index (χ4v) is 5.12. The van der Waals surface area contributed by atoms with Gasteiger partial charge >= 0.3 is 0 Å². The van der Waals surface area contributed by atoms with Crippen LogP contribution in [0, 0.1) is 5.92 Å². The maximum atomic E-state index is 13.0. The Balaban J connectivity index is 1.67. The Bertz CT molecular complexity index is 991. The summed E-state index contributed by atoms with van der Waals surface area (Å²) in [6.45, 7) is 3.85. The molecule has 0 radical (unpaired) electrons. The van der Waals surface area contributed by atoms with Gasteiger partial charge in [0.1, 0.15) is 0 Å². The highest BCUT2D eigenvalue weighted by molar-refractivity contribution is 7.89. The molecule has 0 aromatic heterocycles. The van der Waals surface area contributed by atoms with Crippen LogP contribution in [0.25, 0.3) is 0 Å². The van der Waals surface area contributed by atoms with Gasteiger partial charge in [0.25, 0.3) is 0 Å². The Morgan fingerprint density at radius 3 is 2.37 bits per heavy atom. The van der Waals surface area contributed by atoms with Gasteiger partial charge in [0.2, 0.25) is 21.8 Å². The van der Waals surface area contributed by atoms with E-state index in [-0.39, 0.29) is 29.3 Å². The van der Waals surface area contributed by atoms with Gasteiger partial charge in [0.15, 0.2) is 0 Å². The molecule has 2 aromatic carbocycles. The van der Waals surface area contributed by atoms with Crippen molar-refractivity contribution >= 4 is 27.5 Å². The summed E-state index contributed by atoms with van der Waals surface area (Å²) in [6.07, 6.45) is 1.28. The number of carbonyl (C=O) groups excluding carboxylic acids is 2. The van der Waals surface area contributed by atoms with Crippen molar-refractivity contribution in [2.24, 2.45) is 5.92 Å². The van der Waals surface area contributed by atoms with Crippen molar-refractivity contribution in [1.82, 2.24) is 9.62 Å². The van der Waals surface area contributed by atoms with Crippen molar-refractivity contribution in [2.75, 3.05) is 18.4 Å². The molecule has 0 saturated carbocycles. The van der Waals surface area contributed by atoms with Gasteiger partial charge in [0, 0.05) is 25.7 Å². The monoisotopic (exact) mass is 429 g/mol. The smallest absolute Gasteiger partial charge is 0.243 e. The van der Waals surface area contributed by atoms with Crippen LogP contribution >= 0.6 is 0 Å². The highest BCUT2D eigenvalue weighted by atomic mass is 32.2. The number of amides is 2. The summed E-state index contributed by atoms with van der Waals surface area (Å²) in [7, 11) is -3.71. The van der Waals surface area contributed by atoms with Crippen molar-refractivity contribution in [3.63, 3.8) is 0 Å². The SMILES string of the molecule is CC(=O)Nc1ccc(S(=O)(=O)N2CCC[C@H](C(=O)N[C@@H](C)c3ccccc3)C2)cc1. The van der Waals surface area contributed by atoms with Gasteiger partial charge in [-0.2, -0.15) is 4.31 Å². The van der Waals surface area contributed by atoms with Crippen LogP contribution in [0.4, 0.5) is 5.69 Å². The lowest BCUT2D eigenvalue weighted by Crippen LogP contribution is -2.45. The van der Waals surface area contributed by atoms with Gasteiger partial charge < -0.3 is 10.6 Å². The van der Waals surface area contributed by atoms with Crippen LogP contribution in [-0.4, -0.2) is 37.6 Å². The summed E-state index contributed by atoms with van der Waals surface area (Å²) in [5.41, 5.74) is 1.54. The Labute approximate surface area is 177 Å². The number of hydrogen-bond acceptors (Lipinski definition) is 4. The van der Waals surface area contributed by atoms with E-state index in [2.05, 4.69) is 10.6 Å². The van der Waals surface area contributed by atoms with Gasteiger partial charge in [-0.15, -0.1) is 0 Å². The highest BCUT2D eigenvalue weighted by Gasteiger charge is 2.33. The second-order valence-electron chi connectivity index (χ2n) is 7.55. The lowest BCUT2D eigenvalue weighted by atomic mass is 9.98. The first-order valence-electron chi connectivity index (χ1n) is 10.0. The highest BCUT2D eigenvalue weighted by Crippen LogP contribution is 2.25. The number of rotatable bonds is 6. The summed E-state index contributed by atoms with van der Waals surface area (Å²) in [5.74, 6) is -0.745. The molecule has 1 heterocycles. The molecular formula is C22H27N3O4S. The first kappa shape index (κ1) is 22.0. The van der Waals surface area contributed by atoms with Crippen LogP contribution < -0.4 is 10.6 Å². The summed E-state index contributed by atoms with van der Waals surface area (Å²) in [5, 5.41) is 5.62. The van der Waals surface area contributed by atoms with E-state index in [9.17, 15) is 18.0 Å². The second-order valence-corrected chi connectivity index (χ2v) is 9.49. The minimum Gasteiger partial charge on any atom is -0.349 e. The van der Waals surface area contributed by atoms with Crippen molar-refractivity contribution in [1.29, 1.82) is 0 Å². The molecule has 0 unspecified atom stereocenters. The molecule has 2 atom stereocenters. The molecule has 0 aliphatic carbocycles. The van der Waals surface area contributed by atoms with E-state index in [0.717, 1.165) is 5.56 Å². The number of nitrogens with one attached hydrogen (secondary N) is 2. The molecule has 8 heteroatoms. The van der Waals surface area contributed by atoms with E-state index in [1.54, 1.807) is 12.1 Å². The molecule has 2 aromatic rings. The molecule has 1 saturated heterocycles. The van der Waals surface area contributed by atoms with Crippen molar-refractivity contribution in [3.05, 3.63) is 60.2 Å². The molecule has 1 aliphatic heterocycles. The van der Waals surface area contributed by atoms with Crippen molar-refractivity contribution in [2.45, 2.75) is 37.6 Å². The number of sulfonamides is 1. The molecule has 160 valence electrons. The molecule has 7 nitrogen and oxygen atoms in total. The first-order valence-corrected chi connectivity index (χ1v) is 11.4. The standard InChI is InChI=1S/C22H27N3O4S/c1-16(18-7-4-3-5-8-18)23-22(27)19-9-6-14-25(15-19)30(28,29)21-12-10-20(11-13-21)24-17(2)26/h3-5,7-8,10-13,16,19H,6,9,14-15H2,1-2H3,(H,23,27)(H,24,26)/t16-,19-/m0/s1. The van der Waals surface area contributed by atoms with Gasteiger partial charge in [-0.1, -0.05) is 30.3 Å². The van der Waals surface area contributed by atoms with Gasteiger partial charge in [-0.25, -0.2) is 8.42 Å². The zero-order valence-corrected chi connectivity index (χ0v) is 18.0. The number of hydrogen-bond donors (Lipinski definition) is 2. The van der Waals surface area contributed by atoms with Crippen LogP contribution in [0.15, 0.2) is 59.5 Å². The minimum absolute atomic E-state index is 0.132. The molecular weight excluding hydrogens is 402 g/mol. The maximum Gasteiger partial charge on any atom is 0.243 e. The van der Waals surface area contributed by atoms with E-state index in [1.165, 1.54) is 23.4 Å². The average Bonchev–Trinajstić information content (AvgIpc) is 2.74. The van der Waals surface area contributed by atoms with Crippen LogP contribution in [0.1, 0.15) is 38.3 Å². The third kappa shape index (κ3) is 5.25. The van der Waals surface area contributed by atoms with Crippen LogP contribution in [0.3, 0.4) is 0 Å². The van der Waals surface area contributed by atoms with Gasteiger partial charge in [0.05, 0.1) is 16.9 Å². The predicted octanol–water partition coefficient (Wildman–Crippen LogP) is 2.92. The lowest BCUT2D eigenvalue weighted by molar-refractivity contribution is -0.126. The van der Waals surface area contributed by atoms with E-state index in [0.29, 0.717) is 25.1 Å². The molecule has 0 bridgehead atoms. The predicted molar refractivity (Wildman–Crippen MR) is 115 cm³/mol. The summed E-state index contributed by atoms with van der Waals surface area (Å²) in [6, 6.07) is 15.6. The normalized spacial score (nSPS) is 18.4. The lowest BCUT2D eigenvalue weighted by Gasteiger charge is -2.32. The first-order chi connectivity index (χ1) is 14.3. The van der Waals surface area contributed by atoms with E-state index in [4.69, 9.17) is 0 Å². The maximum absolute atomic E-state index is 13.0. The third-order valence-electron chi connectivity index (χ3n) is 5.23. The molecule has 30 heavy (non-hydrogen) atoms. The molecule has 1 fully saturated rings. The summed E-state index contributed by atoms with van der Waals surface area (Å²) < 4.78 is 27.5. The number of piperidine rings is 1.